The van der Waals surface area contributed by atoms with Crippen molar-refractivity contribution in [3.05, 3.63) is 52.1 Å². The van der Waals surface area contributed by atoms with E-state index in [9.17, 15) is 5.26 Å². The van der Waals surface area contributed by atoms with Crippen molar-refractivity contribution in [2.75, 3.05) is 61.3 Å². The number of benzene rings is 2. The third kappa shape index (κ3) is 4.68. The van der Waals surface area contributed by atoms with Gasteiger partial charge in [0.05, 0.1) is 45.1 Å². The van der Waals surface area contributed by atoms with Crippen molar-refractivity contribution < 1.29 is 38.3 Å². The fraction of sp³-hybridized carbons (Fsp3) is 0.545. The van der Waals surface area contributed by atoms with Gasteiger partial charge in [-0.1, -0.05) is 18.7 Å². The van der Waals surface area contributed by atoms with Crippen LogP contribution in [0.2, 0.25) is 0 Å². The Balaban J connectivity index is 1.54. The highest BCUT2D eigenvalue weighted by molar-refractivity contribution is 5.66. The number of aliphatic hydroxyl groups is 1. The van der Waals surface area contributed by atoms with Gasteiger partial charge in [0, 0.05) is 41.4 Å². The molecule has 11 nitrogen and oxygen atoms in total. The van der Waals surface area contributed by atoms with Gasteiger partial charge in [-0.15, -0.1) is 0 Å². The number of aliphatic hydroxyl groups excluding tert-OH is 1. The Hall–Kier alpha value is -3.53. The minimum Gasteiger partial charge on any atom is -0.493 e. The van der Waals surface area contributed by atoms with Crippen LogP contribution in [-0.4, -0.2) is 95.7 Å². The summed E-state index contributed by atoms with van der Waals surface area (Å²) < 4.78 is 49.4. The Kier molecular flexibility index (Phi) is 8.27. The SMILES string of the molecule is [3H]OC[C@H]1c2c(c(OCC=C)c(C)c3c2OCO3)CC2[C@H]3c4c(cc(C)c(OC)c4OCOCCOC)C[C@@H]([C@H](C#N)N21)N3C. The summed E-state index contributed by atoms with van der Waals surface area (Å²) in [7, 11) is 5.36. The van der Waals surface area contributed by atoms with Gasteiger partial charge in [-0.25, -0.2) is 0 Å². The maximum Gasteiger partial charge on any atom is 0.231 e. The molecule has 1 saturated heterocycles. The maximum atomic E-state index is 10.8. The topological polar surface area (TPSA) is 115 Å². The van der Waals surface area contributed by atoms with Crippen molar-refractivity contribution in [1.29, 1.82) is 6.69 Å². The van der Waals surface area contributed by atoms with Crippen molar-refractivity contribution in [2.45, 2.75) is 56.9 Å². The molecule has 2 aromatic rings. The van der Waals surface area contributed by atoms with Crippen LogP contribution in [0.25, 0.3) is 0 Å². The molecule has 0 radical (unpaired) electrons. The van der Waals surface area contributed by atoms with E-state index in [1.54, 1.807) is 20.3 Å². The Morgan fingerprint density at radius 2 is 1.93 bits per heavy atom. The van der Waals surface area contributed by atoms with E-state index in [0.29, 0.717) is 61.4 Å². The number of hydrogen-bond acceptors (Lipinski definition) is 11. The van der Waals surface area contributed by atoms with E-state index in [2.05, 4.69) is 35.6 Å². The van der Waals surface area contributed by atoms with E-state index in [1.165, 1.54) is 0 Å². The molecule has 44 heavy (non-hydrogen) atoms. The summed E-state index contributed by atoms with van der Waals surface area (Å²) in [5, 5.41) is 15.9. The zero-order valence-corrected chi connectivity index (χ0v) is 26.0. The van der Waals surface area contributed by atoms with Gasteiger partial charge in [0.1, 0.15) is 18.4 Å². The standard InChI is InChI=1S/C33H41N3O8/c1-7-8-41-30-19(3)31-33(44-17-43-31)27-21(30)13-23-28-26-20(12-22(35(28)4)24(14-34)36(23)25(27)15-37)11-18(2)29(39-6)32(26)42-16-40-10-9-38-5/h7,11,22-25,28,37H,1,8-10,12-13,15-17H2,2-6H3/t22-,23?,24-,25-,28-/m0/s1/i37T. The second-order valence-electron chi connectivity index (χ2n) is 11.7. The normalized spacial score (nSPS) is 25.3. The number of rotatable bonds is 12. The fourth-order valence-electron chi connectivity index (χ4n) is 7.75. The average molecular weight is 610 g/mol. The molecule has 236 valence electrons. The molecule has 2 bridgehead atoms. The van der Waals surface area contributed by atoms with Crippen molar-refractivity contribution in [1.82, 2.24) is 9.80 Å². The third-order valence-corrected chi connectivity index (χ3v) is 9.47. The fourth-order valence-corrected chi connectivity index (χ4v) is 7.75. The molecule has 0 amide bonds. The molecule has 0 spiro atoms. The van der Waals surface area contributed by atoms with Crippen LogP contribution in [0.15, 0.2) is 18.7 Å². The molecular weight excluding hydrogens is 566 g/mol. The smallest absolute Gasteiger partial charge is 0.231 e. The highest BCUT2D eigenvalue weighted by Gasteiger charge is 2.56. The van der Waals surface area contributed by atoms with E-state index in [1.807, 2.05) is 13.8 Å². The molecule has 0 saturated carbocycles. The minimum atomic E-state index is -0.487. The number of methoxy groups -OCH3 is 2. The van der Waals surface area contributed by atoms with Crippen LogP contribution in [0, 0.1) is 25.2 Å². The third-order valence-electron chi connectivity index (χ3n) is 9.47. The number of hydrogen-bond donors (Lipinski definition) is 1. The number of nitriles is 1. The van der Waals surface area contributed by atoms with Crippen LogP contribution in [0.4, 0.5) is 0 Å². The van der Waals surface area contributed by atoms with Gasteiger partial charge in [0.15, 0.2) is 29.8 Å². The lowest BCUT2D eigenvalue weighted by Gasteiger charge is -2.59. The van der Waals surface area contributed by atoms with Crippen molar-refractivity contribution >= 4 is 0 Å². The summed E-state index contributed by atoms with van der Waals surface area (Å²) >= 11 is 0. The van der Waals surface area contributed by atoms with Gasteiger partial charge in [-0.05, 0) is 44.9 Å². The molecule has 2 aromatic carbocycles. The lowest BCUT2D eigenvalue weighted by molar-refractivity contribution is -0.0836. The molecule has 4 heterocycles. The highest BCUT2D eigenvalue weighted by atomic mass is 16.7. The highest BCUT2D eigenvalue weighted by Crippen LogP contribution is 2.58. The van der Waals surface area contributed by atoms with Crippen LogP contribution in [-0.2, 0) is 22.3 Å². The molecule has 1 fully saturated rings. The number of nitrogens with zero attached hydrogens (tertiary/aromatic N) is 3. The van der Waals surface area contributed by atoms with Crippen molar-refractivity contribution in [2.24, 2.45) is 0 Å². The molecule has 1 N–H and O–H groups in total. The summed E-state index contributed by atoms with van der Waals surface area (Å²) in [4.78, 5) is 4.54. The number of fused-ring (bicyclic) bond motifs is 9. The van der Waals surface area contributed by atoms with Gasteiger partial charge < -0.3 is 38.3 Å². The van der Waals surface area contributed by atoms with E-state index >= 15 is 0 Å². The van der Waals surface area contributed by atoms with Crippen LogP contribution < -0.4 is 23.7 Å². The molecular formula is C33H41N3O8. The zero-order valence-electron chi connectivity index (χ0n) is 27.0. The predicted octanol–water partition coefficient (Wildman–Crippen LogP) is 3.37. The second kappa shape index (κ2) is 12.5. The monoisotopic (exact) mass is 609 g/mol. The molecule has 4 aliphatic heterocycles. The molecule has 4 aliphatic rings. The van der Waals surface area contributed by atoms with Gasteiger partial charge >= 0.3 is 0 Å². The van der Waals surface area contributed by atoms with Crippen LogP contribution in [0.3, 0.4) is 0 Å². The Morgan fingerprint density at radius 3 is 2.66 bits per heavy atom. The predicted molar refractivity (Wildman–Crippen MR) is 161 cm³/mol. The first-order chi connectivity index (χ1) is 21.9. The first-order valence-corrected chi connectivity index (χ1v) is 15.0. The number of likely N-dealkylation sites (N-methyl/N-ethyl adjacent to an activating group) is 1. The Bertz CT molecular complexity index is 1500. The summed E-state index contributed by atoms with van der Waals surface area (Å²) in [6.07, 6.45) is 2.90. The quantitative estimate of drug-likeness (QED) is 0.217. The van der Waals surface area contributed by atoms with Gasteiger partial charge in [0.2, 0.25) is 8.22 Å². The second-order valence-corrected chi connectivity index (χ2v) is 11.7. The molecule has 5 atom stereocenters. The van der Waals surface area contributed by atoms with Crippen molar-refractivity contribution in [3.8, 4) is 34.8 Å². The number of piperazine rings is 1. The lowest BCUT2D eigenvalue weighted by atomic mass is 9.71. The average Bonchev–Trinajstić information content (AvgIpc) is 3.52. The van der Waals surface area contributed by atoms with E-state index in [-0.39, 0.29) is 38.3 Å². The summed E-state index contributed by atoms with van der Waals surface area (Å²) in [6, 6.07) is 3.33. The first kappa shape index (κ1) is 29.2. The number of aryl methyl sites for hydroxylation is 1. The van der Waals surface area contributed by atoms with Gasteiger partial charge in [-0.3, -0.25) is 9.80 Å². The Labute approximate surface area is 259 Å². The largest absolute Gasteiger partial charge is 0.493 e. The van der Waals surface area contributed by atoms with E-state index < -0.39 is 12.1 Å². The molecule has 11 heteroatoms. The van der Waals surface area contributed by atoms with Gasteiger partial charge in [0.25, 0.3) is 0 Å². The van der Waals surface area contributed by atoms with Crippen LogP contribution >= 0.6 is 0 Å². The van der Waals surface area contributed by atoms with Gasteiger partial charge in [-0.2, -0.15) is 5.26 Å². The van der Waals surface area contributed by atoms with E-state index in [0.717, 1.165) is 33.4 Å². The molecule has 6 rings (SSSR count). The molecule has 0 aliphatic carbocycles. The maximum absolute atomic E-state index is 10.8. The minimum absolute atomic E-state index is 0.0328. The summed E-state index contributed by atoms with van der Waals surface area (Å²) in [5.74, 6) is 3.26. The number of ether oxygens (including phenoxy) is 7. The zero-order chi connectivity index (χ0) is 31.8. The first-order valence-electron chi connectivity index (χ1n) is 15.4. The Morgan fingerprint density at radius 1 is 1.11 bits per heavy atom. The van der Waals surface area contributed by atoms with Crippen molar-refractivity contribution in [3.63, 3.8) is 0 Å². The molecule has 1 unspecified atom stereocenters. The van der Waals surface area contributed by atoms with E-state index in [4.69, 9.17) is 39.7 Å². The lowest BCUT2D eigenvalue weighted by Crippen LogP contribution is -2.68. The molecule has 0 aromatic heterocycles. The van der Waals surface area contributed by atoms with Crippen LogP contribution in [0.5, 0.6) is 28.7 Å². The van der Waals surface area contributed by atoms with Crippen LogP contribution in [0.1, 0.15) is 45.5 Å². The summed E-state index contributed by atoms with van der Waals surface area (Å²) in [5.41, 5.74) is 5.74. The summed E-state index contributed by atoms with van der Waals surface area (Å²) in [6.45, 7) is 9.14.